The van der Waals surface area contributed by atoms with Crippen LogP contribution in [-0.2, 0) is 0 Å². The summed E-state index contributed by atoms with van der Waals surface area (Å²) in [5, 5.41) is 0. The second-order valence-corrected chi connectivity index (χ2v) is 4.29. The Morgan fingerprint density at radius 3 is 2.19 bits per heavy atom. The molecule has 0 aliphatic heterocycles. The van der Waals surface area contributed by atoms with Gasteiger partial charge in [-0.3, -0.25) is 4.79 Å². The second-order valence-electron chi connectivity index (χ2n) is 4.29. The van der Waals surface area contributed by atoms with Gasteiger partial charge in [-0.25, -0.2) is 0 Å². The Hall–Kier alpha value is -1.11. The maximum absolute atomic E-state index is 11.5. The molecule has 0 radical (unpaired) electrons. The van der Waals surface area contributed by atoms with Crippen molar-refractivity contribution in [2.45, 2.75) is 52.4 Å². The van der Waals surface area contributed by atoms with Gasteiger partial charge in [-0.05, 0) is 24.3 Å². The molecule has 0 spiro atoms. The molecule has 1 atom stereocenters. The molecular formula is C15H22O. The Morgan fingerprint density at radius 1 is 1.12 bits per heavy atom. The van der Waals surface area contributed by atoms with Crippen LogP contribution in [0.3, 0.4) is 0 Å². The van der Waals surface area contributed by atoms with Crippen LogP contribution in [0.2, 0.25) is 0 Å². The van der Waals surface area contributed by atoms with Crippen LogP contribution in [0.1, 0.15) is 68.3 Å². The molecule has 0 amide bonds. The first-order valence-corrected chi connectivity index (χ1v) is 6.36. The van der Waals surface area contributed by atoms with E-state index in [1.165, 1.54) is 24.8 Å². The van der Waals surface area contributed by atoms with Gasteiger partial charge in [0.05, 0.1) is 0 Å². The minimum absolute atomic E-state index is 0.232. The first-order valence-electron chi connectivity index (χ1n) is 6.36. The Bertz CT molecular complexity index is 324. The molecule has 1 nitrogen and oxygen atoms in total. The molecule has 0 saturated carbocycles. The second kappa shape index (κ2) is 6.47. The number of rotatable bonds is 6. The summed E-state index contributed by atoms with van der Waals surface area (Å²) in [5.74, 6) is 0.880. The number of benzene rings is 1. The molecule has 0 heterocycles. The van der Waals surface area contributed by atoms with Crippen LogP contribution in [0, 0.1) is 0 Å². The average Bonchev–Trinajstić information content (AvgIpc) is 2.35. The molecule has 0 aromatic heterocycles. The van der Waals surface area contributed by atoms with Crippen LogP contribution in [0.5, 0.6) is 0 Å². The van der Waals surface area contributed by atoms with Gasteiger partial charge in [0.15, 0.2) is 5.78 Å². The van der Waals surface area contributed by atoms with Gasteiger partial charge < -0.3 is 0 Å². The highest BCUT2D eigenvalue weighted by Crippen LogP contribution is 2.24. The molecule has 0 saturated heterocycles. The molecule has 1 heteroatoms. The van der Waals surface area contributed by atoms with Crippen molar-refractivity contribution in [3.05, 3.63) is 35.4 Å². The number of carbonyl (C=O) groups excluding carboxylic acids is 1. The first kappa shape index (κ1) is 13.0. The molecule has 0 aliphatic rings. The zero-order chi connectivity index (χ0) is 12.0. The van der Waals surface area contributed by atoms with Crippen molar-refractivity contribution in [3.63, 3.8) is 0 Å². The summed E-state index contributed by atoms with van der Waals surface area (Å²) < 4.78 is 0. The van der Waals surface area contributed by atoms with E-state index in [0.717, 1.165) is 5.56 Å². The predicted molar refractivity (Wildman–Crippen MR) is 69.0 cm³/mol. The molecule has 1 rings (SSSR count). The van der Waals surface area contributed by atoms with Gasteiger partial charge in [0.2, 0.25) is 0 Å². The van der Waals surface area contributed by atoms with Crippen LogP contribution in [0.15, 0.2) is 24.3 Å². The van der Waals surface area contributed by atoms with Crippen molar-refractivity contribution < 1.29 is 4.79 Å². The average molecular weight is 218 g/mol. The van der Waals surface area contributed by atoms with Gasteiger partial charge in [0.25, 0.3) is 0 Å². The van der Waals surface area contributed by atoms with Crippen molar-refractivity contribution in [1.82, 2.24) is 0 Å². The molecule has 0 fully saturated rings. The number of hydrogen-bond acceptors (Lipinski definition) is 1. The maximum atomic E-state index is 11.5. The highest BCUT2D eigenvalue weighted by Gasteiger charge is 2.09. The smallest absolute Gasteiger partial charge is 0.162 e. The van der Waals surface area contributed by atoms with Gasteiger partial charge >= 0.3 is 0 Å². The van der Waals surface area contributed by atoms with E-state index in [2.05, 4.69) is 26.0 Å². The Kier molecular flexibility index (Phi) is 5.24. The van der Waals surface area contributed by atoms with E-state index in [-0.39, 0.29) is 5.78 Å². The molecule has 1 aromatic carbocycles. The summed E-state index contributed by atoms with van der Waals surface area (Å²) in [6, 6.07) is 8.18. The van der Waals surface area contributed by atoms with Crippen molar-refractivity contribution in [3.8, 4) is 0 Å². The van der Waals surface area contributed by atoms with E-state index in [9.17, 15) is 4.79 Å². The van der Waals surface area contributed by atoms with Gasteiger partial charge in [0.1, 0.15) is 0 Å². The zero-order valence-corrected chi connectivity index (χ0v) is 10.6. The minimum atomic E-state index is 0.232. The Morgan fingerprint density at radius 2 is 1.75 bits per heavy atom. The third-order valence-electron chi connectivity index (χ3n) is 3.16. The molecule has 88 valence electrons. The van der Waals surface area contributed by atoms with Gasteiger partial charge in [-0.1, -0.05) is 51.5 Å². The van der Waals surface area contributed by atoms with Gasteiger partial charge in [0, 0.05) is 12.0 Å². The third-order valence-corrected chi connectivity index (χ3v) is 3.16. The fourth-order valence-electron chi connectivity index (χ4n) is 2.10. The lowest BCUT2D eigenvalue weighted by Crippen LogP contribution is -2.00. The van der Waals surface area contributed by atoms with E-state index in [1.807, 2.05) is 19.1 Å². The number of Topliss-reactive ketones (excluding diaryl/α,β-unsaturated/α-hetero) is 1. The van der Waals surface area contributed by atoms with Crippen molar-refractivity contribution in [2.24, 2.45) is 0 Å². The molecule has 0 aliphatic carbocycles. The standard InChI is InChI=1S/C15H22O/c1-4-7-12(5-2)13-8-10-14(11-9-13)15(16)6-3/h8-12H,4-7H2,1-3H3. The predicted octanol–water partition coefficient (Wildman–Crippen LogP) is 4.57. The minimum Gasteiger partial charge on any atom is -0.294 e. The molecule has 1 unspecified atom stereocenters. The summed E-state index contributed by atoms with van der Waals surface area (Å²) in [6.07, 6.45) is 4.21. The van der Waals surface area contributed by atoms with Gasteiger partial charge in [-0.2, -0.15) is 0 Å². The summed E-state index contributed by atoms with van der Waals surface area (Å²) in [6.45, 7) is 6.35. The summed E-state index contributed by atoms with van der Waals surface area (Å²) in [4.78, 5) is 11.5. The Balaban J connectivity index is 2.80. The quantitative estimate of drug-likeness (QED) is 0.639. The van der Waals surface area contributed by atoms with E-state index in [1.54, 1.807) is 0 Å². The van der Waals surface area contributed by atoms with Crippen molar-refractivity contribution >= 4 is 5.78 Å². The first-order chi connectivity index (χ1) is 7.72. The van der Waals surface area contributed by atoms with Crippen LogP contribution >= 0.6 is 0 Å². The highest BCUT2D eigenvalue weighted by atomic mass is 16.1. The lowest BCUT2D eigenvalue weighted by Gasteiger charge is -2.14. The van der Waals surface area contributed by atoms with Crippen LogP contribution in [0.4, 0.5) is 0 Å². The zero-order valence-electron chi connectivity index (χ0n) is 10.6. The van der Waals surface area contributed by atoms with Crippen LogP contribution in [-0.4, -0.2) is 5.78 Å². The van der Waals surface area contributed by atoms with E-state index in [0.29, 0.717) is 12.3 Å². The molecular weight excluding hydrogens is 196 g/mol. The largest absolute Gasteiger partial charge is 0.294 e. The SMILES string of the molecule is CCCC(CC)c1ccc(C(=O)CC)cc1. The number of ketones is 1. The topological polar surface area (TPSA) is 17.1 Å². The third kappa shape index (κ3) is 3.19. The lowest BCUT2D eigenvalue weighted by molar-refractivity contribution is 0.0988. The lowest BCUT2D eigenvalue weighted by atomic mass is 9.91. The van der Waals surface area contributed by atoms with Gasteiger partial charge in [-0.15, -0.1) is 0 Å². The summed E-state index contributed by atoms with van der Waals surface area (Å²) in [5.41, 5.74) is 2.22. The summed E-state index contributed by atoms with van der Waals surface area (Å²) >= 11 is 0. The number of carbonyl (C=O) groups is 1. The molecule has 1 aromatic rings. The van der Waals surface area contributed by atoms with E-state index < -0.39 is 0 Å². The van der Waals surface area contributed by atoms with E-state index in [4.69, 9.17) is 0 Å². The Labute approximate surface area is 98.9 Å². The highest BCUT2D eigenvalue weighted by molar-refractivity contribution is 5.95. The fourth-order valence-corrected chi connectivity index (χ4v) is 2.10. The monoisotopic (exact) mass is 218 g/mol. The summed E-state index contributed by atoms with van der Waals surface area (Å²) in [7, 11) is 0. The van der Waals surface area contributed by atoms with E-state index >= 15 is 0 Å². The molecule has 0 N–H and O–H groups in total. The van der Waals surface area contributed by atoms with Crippen LogP contribution in [0.25, 0.3) is 0 Å². The molecule has 0 bridgehead atoms. The van der Waals surface area contributed by atoms with Crippen LogP contribution < -0.4 is 0 Å². The molecule has 16 heavy (non-hydrogen) atoms. The normalized spacial score (nSPS) is 12.4. The fraction of sp³-hybridized carbons (Fsp3) is 0.533. The number of hydrogen-bond donors (Lipinski definition) is 0. The van der Waals surface area contributed by atoms with Crippen molar-refractivity contribution in [1.29, 1.82) is 0 Å². The maximum Gasteiger partial charge on any atom is 0.162 e. The van der Waals surface area contributed by atoms with Crippen molar-refractivity contribution in [2.75, 3.05) is 0 Å².